The smallest absolute Gasteiger partial charge is 0.219 e. The summed E-state index contributed by atoms with van der Waals surface area (Å²) in [5, 5.41) is 0. The molecule has 0 heterocycles. The maximum Gasteiger partial charge on any atom is 0.219 e. The van der Waals surface area contributed by atoms with E-state index in [9.17, 15) is 9.18 Å². The molecular weight excluding hydrogens is 207 g/mol. The predicted octanol–water partition coefficient (Wildman–Crippen LogP) is 2.10. The molecule has 1 aliphatic rings. The van der Waals surface area contributed by atoms with E-state index in [4.69, 9.17) is 5.73 Å². The van der Waals surface area contributed by atoms with Crippen LogP contribution in [0.2, 0.25) is 0 Å². The number of carbonyl (C=O) groups is 1. The van der Waals surface area contributed by atoms with Crippen molar-refractivity contribution in [3.8, 4) is 0 Å². The Morgan fingerprint density at radius 2 is 1.88 bits per heavy atom. The topological polar surface area (TPSA) is 46.3 Å². The lowest BCUT2D eigenvalue weighted by Crippen LogP contribution is -2.41. The van der Waals surface area contributed by atoms with Crippen LogP contribution >= 0.6 is 0 Å². The van der Waals surface area contributed by atoms with Crippen LogP contribution in [0.3, 0.4) is 0 Å². The van der Waals surface area contributed by atoms with Crippen molar-refractivity contribution in [2.24, 2.45) is 5.73 Å². The van der Waals surface area contributed by atoms with E-state index >= 15 is 0 Å². The molecule has 0 radical (unpaired) electrons. The molecule has 1 rings (SSSR count). The van der Waals surface area contributed by atoms with Gasteiger partial charge in [0.2, 0.25) is 5.91 Å². The number of hydrogen-bond acceptors (Lipinski definition) is 2. The van der Waals surface area contributed by atoms with E-state index in [1.54, 1.807) is 6.92 Å². The fourth-order valence-electron chi connectivity index (χ4n) is 2.25. The highest BCUT2D eigenvalue weighted by Gasteiger charge is 2.22. The van der Waals surface area contributed by atoms with Crippen LogP contribution in [0.15, 0.2) is 0 Å². The standard InChI is InChI=1S/C11H22N2O.CH3F/c1-10(14)13(9-5-8-12)11-6-3-2-4-7-11;1-2/h11H,2-9,12H2,1H3;1H3. The highest BCUT2D eigenvalue weighted by molar-refractivity contribution is 5.73. The van der Waals surface area contributed by atoms with E-state index in [2.05, 4.69) is 0 Å². The SMILES string of the molecule is CC(=O)N(CCCN)C1CCCCC1.CF. The fourth-order valence-corrected chi connectivity index (χ4v) is 2.25. The van der Waals surface area contributed by atoms with Crippen molar-refractivity contribution in [3.05, 3.63) is 0 Å². The Morgan fingerprint density at radius 3 is 2.31 bits per heavy atom. The largest absolute Gasteiger partial charge is 0.340 e. The summed E-state index contributed by atoms with van der Waals surface area (Å²) in [6.45, 7) is 3.19. The molecule has 2 N–H and O–H groups in total. The zero-order valence-corrected chi connectivity index (χ0v) is 10.5. The van der Waals surface area contributed by atoms with Crippen molar-refractivity contribution in [2.45, 2.75) is 51.5 Å². The van der Waals surface area contributed by atoms with Crippen LogP contribution in [0.1, 0.15) is 45.4 Å². The van der Waals surface area contributed by atoms with Gasteiger partial charge >= 0.3 is 0 Å². The van der Waals surface area contributed by atoms with Gasteiger partial charge in [0.15, 0.2) is 0 Å². The van der Waals surface area contributed by atoms with Crippen molar-refractivity contribution in [1.29, 1.82) is 0 Å². The summed E-state index contributed by atoms with van der Waals surface area (Å²) in [4.78, 5) is 13.5. The Kier molecular flexibility index (Phi) is 9.19. The first kappa shape index (κ1) is 15.4. The lowest BCUT2D eigenvalue weighted by molar-refractivity contribution is -0.131. The molecule has 0 aromatic heterocycles. The summed E-state index contributed by atoms with van der Waals surface area (Å²) in [6.07, 6.45) is 7.18. The Bertz CT molecular complexity index is 182. The highest BCUT2D eigenvalue weighted by atomic mass is 19.1. The average Bonchev–Trinajstić information content (AvgIpc) is 2.33. The van der Waals surface area contributed by atoms with Crippen LogP contribution in [-0.2, 0) is 4.79 Å². The van der Waals surface area contributed by atoms with Gasteiger partial charge in [0.1, 0.15) is 0 Å². The van der Waals surface area contributed by atoms with Gasteiger partial charge < -0.3 is 10.6 Å². The second kappa shape index (κ2) is 9.58. The Morgan fingerprint density at radius 1 is 1.31 bits per heavy atom. The van der Waals surface area contributed by atoms with Crippen LogP contribution in [-0.4, -0.2) is 37.1 Å². The van der Waals surface area contributed by atoms with Gasteiger partial charge in [-0.1, -0.05) is 19.3 Å². The van der Waals surface area contributed by atoms with Gasteiger partial charge in [-0.15, -0.1) is 0 Å². The third kappa shape index (κ3) is 5.45. The van der Waals surface area contributed by atoms with Crippen molar-refractivity contribution >= 4 is 5.91 Å². The first-order valence-corrected chi connectivity index (χ1v) is 6.10. The highest BCUT2D eigenvalue weighted by Crippen LogP contribution is 2.22. The maximum atomic E-state index is 11.4. The monoisotopic (exact) mass is 232 g/mol. The number of halogens is 1. The molecule has 0 aromatic carbocycles. The third-order valence-corrected chi connectivity index (χ3v) is 3.02. The lowest BCUT2D eigenvalue weighted by Gasteiger charge is -2.33. The normalized spacial score (nSPS) is 16.2. The second-order valence-electron chi connectivity index (χ2n) is 4.15. The minimum Gasteiger partial charge on any atom is -0.340 e. The van der Waals surface area contributed by atoms with Gasteiger partial charge in [-0.3, -0.25) is 9.18 Å². The van der Waals surface area contributed by atoms with Crippen molar-refractivity contribution in [2.75, 3.05) is 20.3 Å². The summed E-state index contributed by atoms with van der Waals surface area (Å²) in [5.74, 6) is 0.213. The van der Waals surface area contributed by atoms with Gasteiger partial charge in [0, 0.05) is 19.5 Å². The molecule has 1 fully saturated rings. The third-order valence-electron chi connectivity index (χ3n) is 3.02. The maximum absolute atomic E-state index is 11.4. The molecule has 0 atom stereocenters. The Labute approximate surface area is 98.2 Å². The summed E-state index contributed by atoms with van der Waals surface area (Å²) in [7, 11) is 0.500. The van der Waals surface area contributed by atoms with Gasteiger partial charge in [-0.25, -0.2) is 0 Å². The Hall–Kier alpha value is -0.640. The molecule has 0 spiro atoms. The molecule has 1 amide bonds. The number of rotatable bonds is 4. The molecule has 3 nitrogen and oxygen atoms in total. The van der Waals surface area contributed by atoms with Crippen molar-refractivity contribution in [1.82, 2.24) is 4.90 Å². The summed E-state index contributed by atoms with van der Waals surface area (Å²) >= 11 is 0. The molecular formula is C12H25FN2O. The van der Waals surface area contributed by atoms with E-state index in [0.717, 1.165) is 13.0 Å². The van der Waals surface area contributed by atoms with E-state index < -0.39 is 0 Å². The molecule has 4 heteroatoms. The average molecular weight is 232 g/mol. The molecule has 0 unspecified atom stereocenters. The van der Waals surface area contributed by atoms with Crippen LogP contribution < -0.4 is 5.73 Å². The molecule has 1 saturated carbocycles. The summed E-state index contributed by atoms with van der Waals surface area (Å²) < 4.78 is 9.50. The molecule has 0 aromatic rings. The Balaban J connectivity index is 0.00000106. The minimum atomic E-state index is 0.213. The number of alkyl halides is 1. The zero-order valence-electron chi connectivity index (χ0n) is 10.5. The van der Waals surface area contributed by atoms with Gasteiger partial charge in [0.25, 0.3) is 0 Å². The van der Waals surface area contributed by atoms with Crippen molar-refractivity contribution < 1.29 is 9.18 Å². The summed E-state index contributed by atoms with van der Waals surface area (Å²) in [5.41, 5.74) is 5.47. The number of hydrogen-bond donors (Lipinski definition) is 1. The van der Waals surface area contributed by atoms with E-state index in [1.165, 1.54) is 32.1 Å². The lowest BCUT2D eigenvalue weighted by atomic mass is 9.94. The first-order valence-electron chi connectivity index (χ1n) is 6.10. The molecule has 1 aliphatic carbocycles. The molecule has 96 valence electrons. The number of amides is 1. The van der Waals surface area contributed by atoms with E-state index in [-0.39, 0.29) is 5.91 Å². The second-order valence-corrected chi connectivity index (χ2v) is 4.15. The van der Waals surface area contributed by atoms with Gasteiger partial charge in [0.05, 0.1) is 7.18 Å². The molecule has 0 saturated heterocycles. The van der Waals surface area contributed by atoms with E-state index in [1.807, 2.05) is 4.90 Å². The zero-order chi connectivity index (χ0) is 12.4. The van der Waals surface area contributed by atoms with Crippen molar-refractivity contribution in [3.63, 3.8) is 0 Å². The summed E-state index contributed by atoms with van der Waals surface area (Å²) in [6, 6.07) is 0.493. The molecule has 16 heavy (non-hydrogen) atoms. The molecule has 0 bridgehead atoms. The quantitative estimate of drug-likeness (QED) is 0.807. The number of carbonyl (C=O) groups excluding carboxylic acids is 1. The fraction of sp³-hybridized carbons (Fsp3) is 0.917. The number of nitrogens with zero attached hydrogens (tertiary/aromatic N) is 1. The minimum absolute atomic E-state index is 0.213. The predicted molar refractivity (Wildman–Crippen MR) is 65.0 cm³/mol. The van der Waals surface area contributed by atoms with E-state index in [0.29, 0.717) is 19.8 Å². The van der Waals surface area contributed by atoms with Crippen LogP contribution in [0.5, 0.6) is 0 Å². The van der Waals surface area contributed by atoms with Crippen LogP contribution in [0.25, 0.3) is 0 Å². The van der Waals surface area contributed by atoms with Gasteiger partial charge in [-0.2, -0.15) is 0 Å². The number of nitrogens with two attached hydrogens (primary N) is 1. The van der Waals surface area contributed by atoms with Gasteiger partial charge in [-0.05, 0) is 25.8 Å². The first-order chi connectivity index (χ1) is 7.75. The van der Waals surface area contributed by atoms with Crippen LogP contribution in [0.4, 0.5) is 4.39 Å². The van der Waals surface area contributed by atoms with Crippen LogP contribution in [0, 0.1) is 0 Å². The molecule has 0 aliphatic heterocycles.